The second-order valence-corrected chi connectivity index (χ2v) is 11.4. The van der Waals surface area contributed by atoms with Gasteiger partial charge in [0.25, 0.3) is 0 Å². The van der Waals surface area contributed by atoms with Crippen molar-refractivity contribution in [1.29, 1.82) is 0 Å². The maximum atomic E-state index is 12.1. The molecule has 4 N–H and O–H groups in total. The molecule has 2 aromatic rings. The summed E-state index contributed by atoms with van der Waals surface area (Å²) in [6.45, 7) is 5.02. The largest absolute Gasteiger partial charge is 0.496 e. The summed E-state index contributed by atoms with van der Waals surface area (Å²) in [6, 6.07) is 16.1. The molecule has 0 spiro atoms. The summed E-state index contributed by atoms with van der Waals surface area (Å²) in [5.41, 5.74) is 2.34. The van der Waals surface area contributed by atoms with Gasteiger partial charge in [0.05, 0.1) is 14.2 Å². The van der Waals surface area contributed by atoms with Crippen molar-refractivity contribution < 1.29 is 19.1 Å². The zero-order valence-corrected chi connectivity index (χ0v) is 27.4. The lowest BCUT2D eigenvalue weighted by molar-refractivity contribution is -0.122. The first-order chi connectivity index (χ1) is 21.6. The number of carbonyl (C=O) groups is 2. The third-order valence-electron chi connectivity index (χ3n) is 7.78. The lowest BCUT2D eigenvalue weighted by Gasteiger charge is -2.09. The van der Waals surface area contributed by atoms with Crippen LogP contribution in [-0.4, -0.2) is 52.2 Å². The molecule has 2 aromatic carbocycles. The van der Waals surface area contributed by atoms with E-state index in [0.717, 1.165) is 115 Å². The summed E-state index contributed by atoms with van der Waals surface area (Å²) in [4.78, 5) is 24.1. The Labute approximate surface area is 266 Å². The molecule has 8 heteroatoms. The standard InChI is InChI=1S/C36H58N4O4/c1-43-33-21-13-11-19-31(33)29-37-25-15-7-9-23-35(41)39-27-17-5-3-4-6-18-28-40-36(42)24-10-8-16-26-38-30-32-20-12-14-22-34(32)44-2/h11-14,19-22,37-38H,3-10,15-18,23-30H2,1-2H3,(H,39,41)(H,40,42). The smallest absolute Gasteiger partial charge is 0.219 e. The van der Waals surface area contributed by atoms with Gasteiger partial charge in [0, 0.05) is 50.1 Å². The second-order valence-electron chi connectivity index (χ2n) is 11.4. The molecule has 0 aromatic heterocycles. The molecule has 8 nitrogen and oxygen atoms in total. The van der Waals surface area contributed by atoms with Crippen molar-refractivity contribution in [2.24, 2.45) is 0 Å². The van der Waals surface area contributed by atoms with E-state index in [1.807, 2.05) is 36.4 Å². The first kappa shape index (κ1) is 37.1. The lowest BCUT2D eigenvalue weighted by atomic mass is 10.1. The van der Waals surface area contributed by atoms with Crippen LogP contribution in [0.5, 0.6) is 11.5 Å². The summed E-state index contributed by atoms with van der Waals surface area (Å²) in [5, 5.41) is 13.0. The maximum absolute atomic E-state index is 12.1. The highest BCUT2D eigenvalue weighted by Gasteiger charge is 2.04. The van der Waals surface area contributed by atoms with Crippen molar-refractivity contribution in [3.05, 3.63) is 59.7 Å². The van der Waals surface area contributed by atoms with Crippen molar-refractivity contribution in [3.8, 4) is 11.5 Å². The van der Waals surface area contributed by atoms with Gasteiger partial charge in [0.2, 0.25) is 11.8 Å². The Morgan fingerprint density at radius 3 is 1.30 bits per heavy atom. The fourth-order valence-electron chi connectivity index (χ4n) is 5.16. The molecule has 0 saturated heterocycles. The molecular formula is C36H58N4O4. The van der Waals surface area contributed by atoms with Crippen molar-refractivity contribution in [1.82, 2.24) is 21.3 Å². The zero-order valence-electron chi connectivity index (χ0n) is 27.4. The topological polar surface area (TPSA) is 101 Å². The third kappa shape index (κ3) is 17.9. The molecule has 0 heterocycles. The predicted molar refractivity (Wildman–Crippen MR) is 180 cm³/mol. The summed E-state index contributed by atoms with van der Waals surface area (Å²) in [7, 11) is 3.40. The highest BCUT2D eigenvalue weighted by Crippen LogP contribution is 2.17. The van der Waals surface area contributed by atoms with Crippen molar-refractivity contribution in [2.75, 3.05) is 40.4 Å². The number of amides is 2. The number of hydrogen-bond donors (Lipinski definition) is 4. The molecule has 0 fully saturated rings. The Hall–Kier alpha value is -3.10. The molecule has 44 heavy (non-hydrogen) atoms. The molecule has 0 aliphatic heterocycles. The number of para-hydroxylation sites is 2. The quantitative estimate of drug-likeness (QED) is 0.0889. The number of rotatable bonds is 27. The Kier molecular flexibility index (Phi) is 21.3. The summed E-state index contributed by atoms with van der Waals surface area (Å²) in [5.74, 6) is 2.18. The van der Waals surface area contributed by atoms with Crippen LogP contribution >= 0.6 is 0 Å². The molecule has 246 valence electrons. The monoisotopic (exact) mass is 610 g/mol. The van der Waals surface area contributed by atoms with E-state index in [4.69, 9.17) is 9.47 Å². The van der Waals surface area contributed by atoms with E-state index in [9.17, 15) is 9.59 Å². The van der Waals surface area contributed by atoms with Crippen LogP contribution in [0.15, 0.2) is 48.5 Å². The van der Waals surface area contributed by atoms with Gasteiger partial charge in [-0.1, -0.05) is 74.9 Å². The van der Waals surface area contributed by atoms with Gasteiger partial charge in [-0.15, -0.1) is 0 Å². The van der Waals surface area contributed by atoms with Crippen molar-refractivity contribution in [2.45, 2.75) is 103 Å². The normalized spacial score (nSPS) is 10.9. The fourth-order valence-corrected chi connectivity index (χ4v) is 5.16. The Bertz CT molecular complexity index is 951. The van der Waals surface area contributed by atoms with Crippen LogP contribution in [0.3, 0.4) is 0 Å². The molecule has 0 aliphatic carbocycles. The van der Waals surface area contributed by atoms with Crippen LogP contribution in [0.2, 0.25) is 0 Å². The number of ether oxygens (including phenoxy) is 2. The van der Waals surface area contributed by atoms with Gasteiger partial charge >= 0.3 is 0 Å². The molecule has 2 rings (SSSR count). The number of hydrogen-bond acceptors (Lipinski definition) is 6. The average molecular weight is 611 g/mol. The van der Waals surface area contributed by atoms with Gasteiger partial charge in [-0.2, -0.15) is 0 Å². The molecule has 0 radical (unpaired) electrons. The average Bonchev–Trinajstić information content (AvgIpc) is 3.05. The number of carbonyl (C=O) groups excluding carboxylic acids is 2. The Morgan fingerprint density at radius 1 is 0.500 bits per heavy atom. The zero-order chi connectivity index (χ0) is 31.5. The van der Waals surface area contributed by atoms with Gasteiger partial charge in [-0.25, -0.2) is 0 Å². The third-order valence-corrected chi connectivity index (χ3v) is 7.78. The molecule has 0 aliphatic rings. The van der Waals surface area contributed by atoms with E-state index in [-0.39, 0.29) is 11.8 Å². The molecule has 0 bridgehead atoms. The van der Waals surface area contributed by atoms with Crippen LogP contribution in [0, 0.1) is 0 Å². The minimum Gasteiger partial charge on any atom is -0.496 e. The maximum Gasteiger partial charge on any atom is 0.219 e. The number of benzene rings is 2. The van der Waals surface area contributed by atoms with Crippen LogP contribution < -0.4 is 30.7 Å². The SMILES string of the molecule is COc1ccccc1CNCCCCCC(=O)NCCCCCCCCNC(=O)CCCCCNCc1ccccc1OC. The summed E-state index contributed by atoms with van der Waals surface area (Å²) in [6.07, 6.45) is 14.0. The van der Waals surface area contributed by atoms with Crippen LogP contribution in [0.1, 0.15) is 101 Å². The minimum absolute atomic E-state index is 0.170. The van der Waals surface area contributed by atoms with Crippen molar-refractivity contribution in [3.63, 3.8) is 0 Å². The van der Waals surface area contributed by atoms with Crippen LogP contribution in [0.4, 0.5) is 0 Å². The van der Waals surface area contributed by atoms with Crippen LogP contribution in [0.25, 0.3) is 0 Å². The predicted octanol–water partition coefficient (Wildman–Crippen LogP) is 6.28. The molecule has 0 atom stereocenters. The van der Waals surface area contributed by atoms with Gasteiger partial charge in [0.1, 0.15) is 11.5 Å². The first-order valence-corrected chi connectivity index (χ1v) is 16.8. The van der Waals surface area contributed by atoms with Gasteiger partial charge in [-0.05, 0) is 63.7 Å². The molecule has 0 unspecified atom stereocenters. The van der Waals surface area contributed by atoms with Gasteiger partial charge in [0.15, 0.2) is 0 Å². The number of nitrogens with one attached hydrogen (secondary N) is 4. The van der Waals surface area contributed by atoms with E-state index in [0.29, 0.717) is 12.8 Å². The van der Waals surface area contributed by atoms with Gasteiger partial charge in [-0.3, -0.25) is 9.59 Å². The van der Waals surface area contributed by atoms with E-state index in [1.54, 1.807) is 14.2 Å². The number of unbranched alkanes of at least 4 members (excludes halogenated alkanes) is 9. The van der Waals surface area contributed by atoms with E-state index < -0.39 is 0 Å². The van der Waals surface area contributed by atoms with Crippen molar-refractivity contribution >= 4 is 11.8 Å². The number of methoxy groups -OCH3 is 2. The Morgan fingerprint density at radius 2 is 0.864 bits per heavy atom. The summed E-state index contributed by atoms with van der Waals surface area (Å²) < 4.78 is 10.8. The Balaban J connectivity index is 1.28. The molecule has 2 amide bonds. The minimum atomic E-state index is 0.170. The molecular weight excluding hydrogens is 552 g/mol. The van der Waals surface area contributed by atoms with Gasteiger partial charge < -0.3 is 30.7 Å². The molecule has 0 saturated carbocycles. The van der Waals surface area contributed by atoms with E-state index >= 15 is 0 Å². The first-order valence-electron chi connectivity index (χ1n) is 16.8. The summed E-state index contributed by atoms with van der Waals surface area (Å²) >= 11 is 0. The lowest BCUT2D eigenvalue weighted by Crippen LogP contribution is -2.24. The highest BCUT2D eigenvalue weighted by molar-refractivity contribution is 5.76. The van der Waals surface area contributed by atoms with E-state index in [2.05, 4.69) is 33.4 Å². The highest BCUT2D eigenvalue weighted by atomic mass is 16.5. The van der Waals surface area contributed by atoms with Crippen LogP contribution in [-0.2, 0) is 22.7 Å². The second kappa shape index (κ2) is 25.2. The van der Waals surface area contributed by atoms with E-state index in [1.165, 1.54) is 24.0 Å². The fraction of sp³-hybridized carbons (Fsp3) is 0.611.